The van der Waals surface area contributed by atoms with Gasteiger partial charge in [-0.2, -0.15) is 0 Å². The number of hydrogen-bond donors (Lipinski definition) is 2. The SMILES string of the molecule is Cc1ccc(C(=O)c2c(O)c(O)n(-c3nc4ccc(Cl)cc4s3)c2-c2ccc3c(c2)OCO3)o1. The van der Waals surface area contributed by atoms with Gasteiger partial charge in [0.05, 0.1) is 21.5 Å². The third-order valence-corrected chi connectivity index (χ3v) is 6.73. The molecule has 0 fully saturated rings. The summed E-state index contributed by atoms with van der Waals surface area (Å²) in [6.07, 6.45) is 0. The van der Waals surface area contributed by atoms with Crippen LogP contribution in [-0.2, 0) is 0 Å². The first-order valence-electron chi connectivity index (χ1n) is 10.1. The average Bonchev–Trinajstić information content (AvgIpc) is 3.59. The molecule has 0 spiro atoms. The maximum Gasteiger partial charge on any atom is 0.242 e. The summed E-state index contributed by atoms with van der Waals surface area (Å²) < 4.78 is 18.5. The Labute approximate surface area is 201 Å². The molecule has 1 aliphatic heterocycles. The van der Waals surface area contributed by atoms with E-state index in [1.807, 2.05) is 0 Å². The van der Waals surface area contributed by atoms with Crippen molar-refractivity contribution in [3.05, 3.63) is 70.6 Å². The fraction of sp³-hybridized carbons (Fsp3) is 0.0833. The Balaban J connectivity index is 1.64. The lowest BCUT2D eigenvalue weighted by Gasteiger charge is -2.09. The Morgan fingerprint density at radius 3 is 2.71 bits per heavy atom. The molecule has 2 aromatic carbocycles. The van der Waals surface area contributed by atoms with E-state index in [1.165, 1.54) is 22.0 Å². The topological polar surface area (TPSA) is 107 Å². The van der Waals surface area contributed by atoms with Gasteiger partial charge >= 0.3 is 0 Å². The zero-order valence-corrected chi connectivity index (χ0v) is 19.1. The van der Waals surface area contributed by atoms with E-state index in [0.29, 0.717) is 38.5 Å². The molecule has 2 N–H and O–H groups in total. The highest BCUT2D eigenvalue weighted by molar-refractivity contribution is 7.20. The number of aromatic hydroxyl groups is 2. The van der Waals surface area contributed by atoms with Gasteiger partial charge in [-0.25, -0.2) is 4.98 Å². The fourth-order valence-corrected chi connectivity index (χ4v) is 5.18. The molecule has 0 saturated carbocycles. The van der Waals surface area contributed by atoms with E-state index in [4.69, 9.17) is 25.5 Å². The van der Waals surface area contributed by atoms with E-state index >= 15 is 0 Å². The van der Waals surface area contributed by atoms with Crippen molar-refractivity contribution in [2.24, 2.45) is 0 Å². The standard InChI is InChI=1S/C24H15ClN2O6S/c1-11-2-6-16(33-11)21(28)19-20(12-3-7-15-17(8-12)32-10-31-15)27(23(30)22(19)29)24-26-14-5-4-13(25)9-18(14)34-24/h2-9,29-30H,10H2,1H3. The quantitative estimate of drug-likeness (QED) is 0.309. The van der Waals surface area contributed by atoms with Gasteiger partial charge < -0.3 is 24.1 Å². The minimum absolute atomic E-state index is 0.0306. The molecule has 34 heavy (non-hydrogen) atoms. The van der Waals surface area contributed by atoms with Crippen molar-refractivity contribution in [2.45, 2.75) is 6.92 Å². The summed E-state index contributed by atoms with van der Waals surface area (Å²) in [5, 5.41) is 22.8. The molecule has 0 saturated heterocycles. The Morgan fingerprint density at radius 2 is 1.91 bits per heavy atom. The van der Waals surface area contributed by atoms with Gasteiger partial charge in [0, 0.05) is 10.6 Å². The number of halogens is 1. The van der Waals surface area contributed by atoms with Gasteiger partial charge in [0.25, 0.3) is 0 Å². The van der Waals surface area contributed by atoms with Crippen molar-refractivity contribution in [1.29, 1.82) is 0 Å². The molecule has 6 rings (SSSR count). The highest BCUT2D eigenvalue weighted by Crippen LogP contribution is 2.47. The van der Waals surface area contributed by atoms with Crippen LogP contribution in [0.5, 0.6) is 23.1 Å². The van der Waals surface area contributed by atoms with Gasteiger partial charge in [0.15, 0.2) is 28.1 Å². The van der Waals surface area contributed by atoms with Crippen LogP contribution < -0.4 is 9.47 Å². The molecule has 3 aromatic heterocycles. The normalized spacial score (nSPS) is 12.5. The van der Waals surface area contributed by atoms with Crippen molar-refractivity contribution in [3.63, 3.8) is 0 Å². The van der Waals surface area contributed by atoms with Gasteiger partial charge in [0.1, 0.15) is 5.76 Å². The number of rotatable bonds is 4. The zero-order chi connectivity index (χ0) is 23.6. The Morgan fingerprint density at radius 1 is 1.09 bits per heavy atom. The maximum atomic E-state index is 13.5. The number of nitrogens with zero attached hydrogens (tertiary/aromatic N) is 2. The number of aryl methyl sites for hydroxylation is 1. The van der Waals surface area contributed by atoms with Crippen LogP contribution in [-0.4, -0.2) is 32.3 Å². The lowest BCUT2D eigenvalue weighted by Crippen LogP contribution is -2.04. The van der Waals surface area contributed by atoms with Gasteiger partial charge in [-0.15, -0.1) is 0 Å². The summed E-state index contributed by atoms with van der Waals surface area (Å²) in [6.45, 7) is 1.79. The second-order valence-electron chi connectivity index (χ2n) is 7.65. The number of carbonyl (C=O) groups is 1. The maximum absolute atomic E-state index is 13.5. The fourth-order valence-electron chi connectivity index (χ4n) is 3.93. The third kappa shape index (κ3) is 3.12. The van der Waals surface area contributed by atoms with E-state index in [1.54, 1.807) is 49.4 Å². The van der Waals surface area contributed by atoms with Crippen molar-refractivity contribution >= 4 is 38.9 Å². The average molecular weight is 495 g/mol. The van der Waals surface area contributed by atoms with Crippen LogP contribution >= 0.6 is 22.9 Å². The van der Waals surface area contributed by atoms with Gasteiger partial charge in [0.2, 0.25) is 18.5 Å². The molecule has 0 bridgehead atoms. The molecule has 10 heteroatoms. The van der Waals surface area contributed by atoms with Crippen LogP contribution in [0.3, 0.4) is 0 Å². The summed E-state index contributed by atoms with van der Waals surface area (Å²) in [5.41, 5.74) is 1.27. The van der Waals surface area contributed by atoms with Gasteiger partial charge in [-0.1, -0.05) is 22.9 Å². The number of benzene rings is 2. The summed E-state index contributed by atoms with van der Waals surface area (Å²) in [7, 11) is 0. The summed E-state index contributed by atoms with van der Waals surface area (Å²) in [4.78, 5) is 18.0. The molecule has 0 radical (unpaired) electrons. The van der Waals surface area contributed by atoms with E-state index in [9.17, 15) is 15.0 Å². The van der Waals surface area contributed by atoms with Crippen LogP contribution in [0.15, 0.2) is 52.9 Å². The molecular weight excluding hydrogens is 480 g/mol. The first-order chi connectivity index (χ1) is 16.4. The van der Waals surface area contributed by atoms with Crippen LogP contribution in [0.4, 0.5) is 0 Å². The largest absolute Gasteiger partial charge is 0.503 e. The minimum Gasteiger partial charge on any atom is -0.503 e. The zero-order valence-electron chi connectivity index (χ0n) is 17.5. The number of hydrogen-bond acceptors (Lipinski definition) is 8. The number of carbonyl (C=O) groups excluding carboxylic acids is 1. The van der Waals surface area contributed by atoms with Crippen molar-refractivity contribution in [1.82, 2.24) is 9.55 Å². The highest BCUT2D eigenvalue weighted by Gasteiger charge is 2.33. The lowest BCUT2D eigenvalue weighted by molar-refractivity contribution is 0.101. The van der Waals surface area contributed by atoms with Crippen molar-refractivity contribution in [3.8, 4) is 39.5 Å². The predicted molar refractivity (Wildman–Crippen MR) is 126 cm³/mol. The number of thiazole rings is 1. The minimum atomic E-state index is -0.587. The Bertz CT molecular complexity index is 1620. The second-order valence-corrected chi connectivity index (χ2v) is 9.09. The first-order valence-corrected chi connectivity index (χ1v) is 11.3. The van der Waals surface area contributed by atoms with Crippen LogP contribution in [0.2, 0.25) is 5.02 Å². The molecule has 0 aliphatic carbocycles. The third-order valence-electron chi connectivity index (χ3n) is 5.49. The first kappa shape index (κ1) is 20.6. The molecule has 8 nitrogen and oxygen atoms in total. The van der Waals surface area contributed by atoms with Crippen molar-refractivity contribution < 1.29 is 28.9 Å². The van der Waals surface area contributed by atoms with Gasteiger partial charge in [-0.05, 0) is 55.5 Å². The number of aromatic nitrogens is 2. The van der Waals surface area contributed by atoms with E-state index in [2.05, 4.69) is 4.98 Å². The van der Waals surface area contributed by atoms with E-state index in [-0.39, 0.29) is 23.8 Å². The highest BCUT2D eigenvalue weighted by atomic mass is 35.5. The van der Waals surface area contributed by atoms with E-state index < -0.39 is 17.4 Å². The summed E-state index contributed by atoms with van der Waals surface area (Å²) >= 11 is 7.38. The molecule has 4 heterocycles. The van der Waals surface area contributed by atoms with Crippen LogP contribution in [0.1, 0.15) is 21.9 Å². The number of furan rings is 1. The molecule has 170 valence electrons. The number of fused-ring (bicyclic) bond motifs is 2. The summed E-state index contributed by atoms with van der Waals surface area (Å²) in [5.74, 6) is -0.0841. The monoisotopic (exact) mass is 494 g/mol. The Hall–Kier alpha value is -3.95. The molecule has 0 amide bonds. The van der Waals surface area contributed by atoms with Crippen LogP contribution in [0, 0.1) is 6.92 Å². The molecule has 1 aliphatic rings. The van der Waals surface area contributed by atoms with Crippen molar-refractivity contribution in [2.75, 3.05) is 6.79 Å². The second kappa shape index (κ2) is 7.54. The number of ether oxygens (including phenoxy) is 2. The van der Waals surface area contributed by atoms with Gasteiger partial charge in [-0.3, -0.25) is 9.36 Å². The van der Waals surface area contributed by atoms with Crippen LogP contribution in [0.25, 0.3) is 26.6 Å². The molecule has 0 unspecified atom stereocenters. The molecular formula is C24H15ClN2O6S. The van der Waals surface area contributed by atoms with E-state index in [0.717, 1.165) is 4.70 Å². The lowest BCUT2D eigenvalue weighted by atomic mass is 10.0. The Kier molecular flexibility index (Phi) is 4.58. The number of ketones is 1. The smallest absolute Gasteiger partial charge is 0.242 e. The predicted octanol–water partition coefficient (Wildman–Crippen LogP) is 5.68. The summed E-state index contributed by atoms with van der Waals surface area (Å²) in [6, 6.07) is 13.5. The molecule has 0 atom stereocenters. The molecule has 5 aromatic rings.